The predicted molar refractivity (Wildman–Crippen MR) is 78.4 cm³/mol. The Bertz CT molecular complexity index is 353. The molecule has 1 unspecified atom stereocenters. The van der Waals surface area contributed by atoms with Gasteiger partial charge in [0.15, 0.2) is 0 Å². The molecule has 0 aromatic carbocycles. The van der Waals surface area contributed by atoms with E-state index in [9.17, 15) is 4.79 Å². The summed E-state index contributed by atoms with van der Waals surface area (Å²) in [5.41, 5.74) is 0. The molecule has 0 aromatic rings. The molecule has 20 heavy (non-hydrogen) atoms. The summed E-state index contributed by atoms with van der Waals surface area (Å²) in [6.45, 7) is 8.41. The Morgan fingerprint density at radius 1 is 1.35 bits per heavy atom. The van der Waals surface area contributed by atoms with Gasteiger partial charge in [0, 0.05) is 32.7 Å². The van der Waals surface area contributed by atoms with E-state index >= 15 is 0 Å². The van der Waals surface area contributed by atoms with Crippen LogP contribution in [-0.4, -0.2) is 67.8 Å². The number of nitrogens with one attached hydrogen (secondary N) is 1. The second-order valence-corrected chi connectivity index (χ2v) is 5.68. The number of piperidine rings is 1. The van der Waals surface area contributed by atoms with E-state index in [0.717, 1.165) is 58.8 Å². The number of carbonyl (C=O) groups is 1. The van der Waals surface area contributed by atoms with Gasteiger partial charge in [0.25, 0.3) is 0 Å². The molecule has 0 aliphatic carbocycles. The van der Waals surface area contributed by atoms with Crippen LogP contribution in [0.15, 0.2) is 0 Å². The van der Waals surface area contributed by atoms with Crippen LogP contribution >= 0.6 is 0 Å². The Morgan fingerprint density at radius 2 is 2.00 bits per heavy atom. The van der Waals surface area contributed by atoms with Crippen molar-refractivity contribution in [1.82, 2.24) is 15.1 Å². The van der Waals surface area contributed by atoms with Gasteiger partial charge in [-0.3, -0.25) is 4.90 Å². The summed E-state index contributed by atoms with van der Waals surface area (Å²) in [5, 5.41) is 2.82. The third-order valence-corrected chi connectivity index (χ3v) is 4.11. The molecular formula is C15H25N3O2. The fourth-order valence-electron chi connectivity index (χ4n) is 2.79. The first kappa shape index (κ1) is 15.1. The molecule has 5 nitrogen and oxygen atoms in total. The van der Waals surface area contributed by atoms with Crippen molar-refractivity contribution in [3.05, 3.63) is 0 Å². The van der Waals surface area contributed by atoms with Crippen molar-refractivity contribution in [3.8, 4) is 12.3 Å². The summed E-state index contributed by atoms with van der Waals surface area (Å²) >= 11 is 0. The summed E-state index contributed by atoms with van der Waals surface area (Å²) in [4.78, 5) is 16.3. The smallest absolute Gasteiger partial charge is 0.318 e. The summed E-state index contributed by atoms with van der Waals surface area (Å²) in [7, 11) is 0. The predicted octanol–water partition coefficient (Wildman–Crippen LogP) is 0.762. The maximum Gasteiger partial charge on any atom is 0.318 e. The summed E-state index contributed by atoms with van der Waals surface area (Å²) in [6.07, 6.45) is 7.43. The van der Waals surface area contributed by atoms with Crippen LogP contribution in [0, 0.1) is 18.3 Å². The van der Waals surface area contributed by atoms with Crippen LogP contribution in [0.2, 0.25) is 0 Å². The number of hydrogen-bond acceptors (Lipinski definition) is 3. The third-order valence-electron chi connectivity index (χ3n) is 4.11. The maximum atomic E-state index is 12.0. The van der Waals surface area contributed by atoms with Gasteiger partial charge in [-0.1, -0.05) is 5.92 Å². The SMILES string of the molecule is C#CC(C)NC(=O)N1CCC(CN2CCOCC2)CC1. The lowest BCUT2D eigenvalue weighted by molar-refractivity contribution is 0.0258. The van der Waals surface area contributed by atoms with Crippen LogP contribution < -0.4 is 5.32 Å². The molecule has 2 aliphatic rings. The van der Waals surface area contributed by atoms with E-state index in [1.807, 2.05) is 11.8 Å². The highest BCUT2D eigenvalue weighted by molar-refractivity contribution is 5.74. The van der Waals surface area contributed by atoms with Gasteiger partial charge in [-0.25, -0.2) is 4.79 Å². The van der Waals surface area contributed by atoms with E-state index in [4.69, 9.17) is 11.2 Å². The molecule has 2 fully saturated rings. The summed E-state index contributed by atoms with van der Waals surface area (Å²) < 4.78 is 5.37. The second-order valence-electron chi connectivity index (χ2n) is 5.68. The lowest BCUT2D eigenvalue weighted by Gasteiger charge is -2.36. The Balaban J connectivity index is 1.69. The van der Waals surface area contributed by atoms with Crippen molar-refractivity contribution in [3.63, 3.8) is 0 Å². The quantitative estimate of drug-likeness (QED) is 0.776. The van der Waals surface area contributed by atoms with Crippen molar-refractivity contribution >= 4 is 6.03 Å². The van der Waals surface area contributed by atoms with Gasteiger partial charge in [0.05, 0.1) is 19.3 Å². The van der Waals surface area contributed by atoms with Crippen molar-refractivity contribution in [2.75, 3.05) is 45.9 Å². The number of carbonyl (C=O) groups excluding carboxylic acids is 1. The van der Waals surface area contributed by atoms with Crippen molar-refractivity contribution in [2.45, 2.75) is 25.8 Å². The number of ether oxygens (including phenoxy) is 1. The summed E-state index contributed by atoms with van der Waals surface area (Å²) in [5.74, 6) is 3.22. The van der Waals surface area contributed by atoms with E-state index in [1.54, 1.807) is 0 Å². The highest BCUT2D eigenvalue weighted by atomic mass is 16.5. The van der Waals surface area contributed by atoms with E-state index in [-0.39, 0.29) is 12.1 Å². The number of likely N-dealkylation sites (tertiary alicyclic amines) is 1. The minimum absolute atomic E-state index is 0.0275. The average molecular weight is 279 g/mol. The molecule has 0 saturated carbocycles. The minimum atomic E-state index is -0.200. The molecular weight excluding hydrogens is 254 g/mol. The monoisotopic (exact) mass is 279 g/mol. The molecule has 0 radical (unpaired) electrons. The molecule has 5 heteroatoms. The molecule has 0 bridgehead atoms. The zero-order chi connectivity index (χ0) is 14.4. The van der Waals surface area contributed by atoms with Crippen molar-refractivity contribution in [2.24, 2.45) is 5.92 Å². The number of amides is 2. The molecule has 2 amide bonds. The van der Waals surface area contributed by atoms with Gasteiger partial charge in [0.2, 0.25) is 0 Å². The molecule has 112 valence electrons. The van der Waals surface area contributed by atoms with E-state index < -0.39 is 0 Å². The van der Waals surface area contributed by atoms with Gasteiger partial charge in [-0.05, 0) is 25.7 Å². The number of morpholine rings is 1. The molecule has 2 rings (SSSR count). The largest absolute Gasteiger partial charge is 0.379 e. The Labute approximate surface area is 121 Å². The number of hydrogen-bond donors (Lipinski definition) is 1. The van der Waals surface area contributed by atoms with Crippen LogP contribution in [0.5, 0.6) is 0 Å². The van der Waals surface area contributed by atoms with Crippen LogP contribution in [0.4, 0.5) is 4.79 Å². The lowest BCUT2D eigenvalue weighted by Crippen LogP contribution is -2.48. The van der Waals surface area contributed by atoms with Gasteiger partial charge < -0.3 is 15.0 Å². The van der Waals surface area contributed by atoms with Gasteiger partial charge in [-0.2, -0.15) is 0 Å². The lowest BCUT2D eigenvalue weighted by atomic mass is 9.96. The van der Waals surface area contributed by atoms with Gasteiger partial charge in [0.1, 0.15) is 0 Å². The molecule has 0 spiro atoms. The van der Waals surface area contributed by atoms with Crippen LogP contribution in [-0.2, 0) is 4.74 Å². The standard InChI is InChI=1S/C15H25N3O2/c1-3-13(2)16-15(19)18-6-4-14(5-7-18)12-17-8-10-20-11-9-17/h1,13-14H,4-12H2,2H3,(H,16,19). The van der Waals surface area contributed by atoms with E-state index in [1.165, 1.54) is 0 Å². The zero-order valence-electron chi connectivity index (χ0n) is 12.3. The van der Waals surface area contributed by atoms with Crippen LogP contribution in [0.3, 0.4) is 0 Å². The number of nitrogens with zero attached hydrogens (tertiary/aromatic N) is 2. The second kappa shape index (κ2) is 7.51. The van der Waals surface area contributed by atoms with Crippen LogP contribution in [0.25, 0.3) is 0 Å². The fraction of sp³-hybridized carbons (Fsp3) is 0.800. The fourth-order valence-corrected chi connectivity index (χ4v) is 2.79. The maximum absolute atomic E-state index is 12.0. The minimum Gasteiger partial charge on any atom is -0.379 e. The first-order valence-electron chi connectivity index (χ1n) is 7.50. The highest BCUT2D eigenvalue weighted by Crippen LogP contribution is 2.19. The third kappa shape index (κ3) is 4.39. The number of terminal acetylenes is 1. The molecule has 0 aromatic heterocycles. The number of rotatable bonds is 3. The van der Waals surface area contributed by atoms with E-state index in [0.29, 0.717) is 5.92 Å². The molecule has 1 atom stereocenters. The van der Waals surface area contributed by atoms with Gasteiger partial charge >= 0.3 is 6.03 Å². The van der Waals surface area contributed by atoms with Crippen molar-refractivity contribution < 1.29 is 9.53 Å². The first-order valence-corrected chi connectivity index (χ1v) is 7.50. The Hall–Kier alpha value is -1.25. The highest BCUT2D eigenvalue weighted by Gasteiger charge is 2.25. The van der Waals surface area contributed by atoms with Gasteiger partial charge in [-0.15, -0.1) is 6.42 Å². The van der Waals surface area contributed by atoms with E-state index in [2.05, 4.69) is 16.1 Å². The zero-order valence-corrected chi connectivity index (χ0v) is 12.3. The first-order chi connectivity index (χ1) is 9.69. The van der Waals surface area contributed by atoms with Crippen LogP contribution in [0.1, 0.15) is 19.8 Å². The molecule has 1 N–H and O–H groups in total. The van der Waals surface area contributed by atoms with Crippen molar-refractivity contribution in [1.29, 1.82) is 0 Å². The normalized spacial score (nSPS) is 23.1. The summed E-state index contributed by atoms with van der Waals surface area (Å²) in [6, 6.07) is -0.228. The molecule has 2 heterocycles. The average Bonchev–Trinajstić information content (AvgIpc) is 2.49. The Kier molecular flexibility index (Phi) is 5.69. The molecule has 2 saturated heterocycles. The molecule has 2 aliphatic heterocycles. The Morgan fingerprint density at radius 3 is 2.60 bits per heavy atom. The topological polar surface area (TPSA) is 44.8 Å². The number of urea groups is 1.